The standard InChI is InChI=1S/C9H3Cl3N2O3/c10-2-1-3-4(6(12)5(2)11)8(15)7(14-17)9(16)13-3/h1,17H,(H,13,16)/b14-7-. The summed E-state index contributed by atoms with van der Waals surface area (Å²) in [6, 6.07) is 1.30. The summed E-state index contributed by atoms with van der Waals surface area (Å²) in [4.78, 5) is 23.2. The van der Waals surface area contributed by atoms with Gasteiger partial charge in [-0.2, -0.15) is 0 Å². The van der Waals surface area contributed by atoms with Crippen molar-refractivity contribution in [3.63, 3.8) is 0 Å². The molecule has 1 aromatic carbocycles. The SMILES string of the molecule is O=C1Nc2cc(Cl)c(Cl)c(Cl)c2C(=O)/C1=N/O. The molecule has 0 radical (unpaired) electrons. The number of oxime groups is 1. The van der Waals surface area contributed by atoms with Crippen molar-refractivity contribution in [1.82, 2.24) is 0 Å². The predicted octanol–water partition coefficient (Wildman–Crippen LogP) is 2.61. The second kappa shape index (κ2) is 4.18. The molecule has 8 heteroatoms. The maximum Gasteiger partial charge on any atom is 0.281 e. The Hall–Kier alpha value is -1.30. The summed E-state index contributed by atoms with van der Waals surface area (Å²) in [5.74, 6) is -1.64. The number of rotatable bonds is 0. The average Bonchev–Trinajstić information content (AvgIpc) is 2.26. The van der Waals surface area contributed by atoms with Gasteiger partial charge in [-0.05, 0) is 6.07 Å². The highest BCUT2D eigenvalue weighted by Gasteiger charge is 2.34. The summed E-state index contributed by atoms with van der Waals surface area (Å²) >= 11 is 17.4. The smallest absolute Gasteiger partial charge is 0.281 e. The van der Waals surface area contributed by atoms with Gasteiger partial charge >= 0.3 is 0 Å². The molecular formula is C9H3Cl3N2O3. The van der Waals surface area contributed by atoms with Crippen LogP contribution < -0.4 is 5.32 Å². The zero-order valence-corrected chi connectivity index (χ0v) is 10.2. The van der Waals surface area contributed by atoms with Crippen LogP contribution in [0.15, 0.2) is 11.2 Å². The molecule has 1 heterocycles. The topological polar surface area (TPSA) is 78.8 Å². The van der Waals surface area contributed by atoms with Gasteiger partial charge in [0.25, 0.3) is 5.91 Å². The Morgan fingerprint density at radius 1 is 1.18 bits per heavy atom. The number of ketones is 1. The molecule has 1 aliphatic rings. The number of carbonyl (C=O) groups excluding carboxylic acids is 2. The molecule has 1 aromatic rings. The zero-order valence-electron chi connectivity index (χ0n) is 7.92. The Kier molecular flexibility index (Phi) is 2.99. The summed E-state index contributed by atoms with van der Waals surface area (Å²) in [5.41, 5.74) is -0.571. The molecule has 0 atom stereocenters. The van der Waals surface area contributed by atoms with Crippen LogP contribution in [-0.2, 0) is 4.79 Å². The minimum Gasteiger partial charge on any atom is -0.410 e. The molecular weight excluding hydrogens is 290 g/mol. The van der Waals surface area contributed by atoms with Gasteiger partial charge in [0.05, 0.1) is 26.3 Å². The fraction of sp³-hybridized carbons (Fsp3) is 0. The van der Waals surface area contributed by atoms with E-state index in [0.717, 1.165) is 0 Å². The molecule has 0 aliphatic carbocycles. The molecule has 17 heavy (non-hydrogen) atoms. The van der Waals surface area contributed by atoms with Gasteiger partial charge in [-0.15, -0.1) is 0 Å². The van der Waals surface area contributed by atoms with Gasteiger partial charge in [0.2, 0.25) is 11.5 Å². The van der Waals surface area contributed by atoms with E-state index in [1.807, 2.05) is 0 Å². The van der Waals surface area contributed by atoms with Gasteiger partial charge in [-0.3, -0.25) is 9.59 Å². The minimum atomic E-state index is -0.834. The number of benzene rings is 1. The van der Waals surface area contributed by atoms with Crippen molar-refractivity contribution in [2.45, 2.75) is 0 Å². The van der Waals surface area contributed by atoms with Crippen LogP contribution in [0.5, 0.6) is 0 Å². The monoisotopic (exact) mass is 292 g/mol. The number of hydrogen-bond donors (Lipinski definition) is 2. The summed E-state index contributed by atoms with van der Waals surface area (Å²) < 4.78 is 0. The van der Waals surface area contributed by atoms with Crippen molar-refractivity contribution in [2.24, 2.45) is 5.16 Å². The fourth-order valence-corrected chi connectivity index (χ4v) is 2.10. The van der Waals surface area contributed by atoms with Crippen LogP contribution >= 0.6 is 34.8 Å². The van der Waals surface area contributed by atoms with Gasteiger partial charge in [0.15, 0.2) is 0 Å². The van der Waals surface area contributed by atoms with Crippen molar-refractivity contribution in [3.8, 4) is 0 Å². The Morgan fingerprint density at radius 3 is 2.41 bits per heavy atom. The molecule has 0 unspecified atom stereocenters. The van der Waals surface area contributed by atoms with Crippen LogP contribution in [0, 0.1) is 0 Å². The van der Waals surface area contributed by atoms with E-state index >= 15 is 0 Å². The third kappa shape index (κ3) is 1.76. The second-order valence-electron chi connectivity index (χ2n) is 3.14. The zero-order chi connectivity index (χ0) is 12.7. The quantitative estimate of drug-likeness (QED) is 0.438. The van der Waals surface area contributed by atoms with E-state index < -0.39 is 17.4 Å². The number of halogens is 3. The molecule has 1 aliphatic heterocycles. The Morgan fingerprint density at radius 2 is 1.82 bits per heavy atom. The molecule has 0 saturated heterocycles. The van der Waals surface area contributed by atoms with Gasteiger partial charge in [-0.25, -0.2) is 0 Å². The third-order valence-electron chi connectivity index (χ3n) is 2.17. The summed E-state index contributed by atoms with van der Waals surface area (Å²) in [6.45, 7) is 0. The highest BCUT2D eigenvalue weighted by molar-refractivity contribution is 6.73. The number of amides is 1. The molecule has 0 spiro atoms. The van der Waals surface area contributed by atoms with E-state index in [-0.39, 0.29) is 26.3 Å². The van der Waals surface area contributed by atoms with Crippen LogP contribution in [0.2, 0.25) is 15.1 Å². The van der Waals surface area contributed by atoms with Gasteiger partial charge in [-0.1, -0.05) is 40.0 Å². The number of hydrogen-bond acceptors (Lipinski definition) is 4. The summed E-state index contributed by atoms with van der Waals surface area (Å²) in [5, 5.41) is 13.5. The third-order valence-corrected chi connectivity index (χ3v) is 3.43. The van der Waals surface area contributed by atoms with E-state index in [1.165, 1.54) is 6.07 Å². The first-order chi connectivity index (χ1) is 7.97. The maximum atomic E-state index is 11.8. The van der Waals surface area contributed by atoms with E-state index in [0.29, 0.717) is 0 Å². The lowest BCUT2D eigenvalue weighted by atomic mass is 10.00. The van der Waals surface area contributed by atoms with E-state index in [9.17, 15) is 9.59 Å². The molecule has 0 saturated carbocycles. The van der Waals surface area contributed by atoms with E-state index in [2.05, 4.69) is 10.5 Å². The first kappa shape index (κ1) is 12.2. The summed E-state index contributed by atoms with van der Waals surface area (Å²) in [7, 11) is 0. The Labute approximate surface area is 110 Å². The van der Waals surface area contributed by atoms with Crippen LogP contribution in [-0.4, -0.2) is 22.6 Å². The molecule has 0 fully saturated rings. The molecule has 5 nitrogen and oxygen atoms in total. The van der Waals surface area contributed by atoms with Crippen LogP contribution in [0.1, 0.15) is 10.4 Å². The van der Waals surface area contributed by atoms with E-state index in [4.69, 9.17) is 40.0 Å². The van der Waals surface area contributed by atoms with E-state index in [1.54, 1.807) is 0 Å². The first-order valence-electron chi connectivity index (χ1n) is 4.23. The van der Waals surface area contributed by atoms with Crippen molar-refractivity contribution in [3.05, 3.63) is 26.7 Å². The van der Waals surface area contributed by atoms with Crippen LogP contribution in [0.25, 0.3) is 0 Å². The van der Waals surface area contributed by atoms with Gasteiger partial charge in [0, 0.05) is 0 Å². The van der Waals surface area contributed by atoms with Gasteiger partial charge < -0.3 is 10.5 Å². The van der Waals surface area contributed by atoms with Crippen molar-refractivity contribution >= 4 is 57.9 Å². The fourth-order valence-electron chi connectivity index (χ4n) is 1.41. The number of nitrogens with zero attached hydrogens (tertiary/aromatic N) is 1. The highest BCUT2D eigenvalue weighted by atomic mass is 35.5. The van der Waals surface area contributed by atoms with Crippen molar-refractivity contribution < 1.29 is 14.8 Å². The molecule has 2 rings (SSSR count). The lowest BCUT2D eigenvalue weighted by Crippen LogP contribution is -2.36. The van der Waals surface area contributed by atoms with Crippen molar-refractivity contribution in [1.29, 1.82) is 0 Å². The minimum absolute atomic E-state index is 0.00567. The lowest BCUT2D eigenvalue weighted by Gasteiger charge is -2.18. The Balaban J connectivity index is 2.75. The Bertz CT molecular complexity index is 583. The van der Waals surface area contributed by atoms with Crippen molar-refractivity contribution in [2.75, 3.05) is 5.32 Å². The number of anilines is 1. The second-order valence-corrected chi connectivity index (χ2v) is 4.30. The number of nitrogens with one attached hydrogen (secondary N) is 1. The largest absolute Gasteiger partial charge is 0.410 e. The van der Waals surface area contributed by atoms with Crippen LogP contribution in [0.3, 0.4) is 0 Å². The molecule has 0 aromatic heterocycles. The number of fused-ring (bicyclic) bond motifs is 1. The number of carbonyl (C=O) groups is 2. The highest BCUT2D eigenvalue weighted by Crippen LogP contribution is 2.39. The van der Waals surface area contributed by atoms with Gasteiger partial charge in [0.1, 0.15) is 0 Å². The average molecular weight is 293 g/mol. The maximum absolute atomic E-state index is 11.8. The summed E-state index contributed by atoms with van der Waals surface area (Å²) in [6.07, 6.45) is 0. The lowest BCUT2D eigenvalue weighted by molar-refractivity contribution is -0.110. The predicted molar refractivity (Wildman–Crippen MR) is 63.7 cm³/mol. The first-order valence-corrected chi connectivity index (χ1v) is 5.36. The molecule has 88 valence electrons. The molecule has 2 N–H and O–H groups in total. The number of Topliss-reactive ketones (excluding diaryl/α,β-unsaturated/α-hetero) is 1. The molecule has 0 bridgehead atoms. The normalized spacial score (nSPS) is 17.0. The van der Waals surface area contributed by atoms with Crippen LogP contribution in [0.4, 0.5) is 5.69 Å². The molecule has 1 amide bonds.